The number of anilines is 1. The summed E-state index contributed by atoms with van der Waals surface area (Å²) < 4.78 is 0. The molecule has 0 aliphatic heterocycles. The highest BCUT2D eigenvalue weighted by Gasteiger charge is 2.01. The highest BCUT2D eigenvalue weighted by atomic mass is 32.1. The van der Waals surface area contributed by atoms with E-state index in [0.29, 0.717) is 6.54 Å². The van der Waals surface area contributed by atoms with Gasteiger partial charge in [-0.1, -0.05) is 6.07 Å². The molecular weight excluding hydrogens is 222 g/mol. The topological polar surface area (TPSA) is 54.0 Å². The number of pyridine rings is 1. The molecule has 0 unspecified atom stereocenters. The fourth-order valence-corrected chi connectivity index (χ4v) is 1.80. The van der Waals surface area contributed by atoms with Gasteiger partial charge in [0.15, 0.2) is 0 Å². The monoisotopic (exact) mass is 233 g/mol. The highest BCUT2D eigenvalue weighted by molar-refractivity contribution is 7.14. The first kappa shape index (κ1) is 10.6. The molecule has 0 aliphatic carbocycles. The van der Waals surface area contributed by atoms with Gasteiger partial charge in [0.2, 0.25) is 0 Å². The first-order valence-corrected chi connectivity index (χ1v) is 5.70. The molecule has 4 nitrogen and oxygen atoms in total. The summed E-state index contributed by atoms with van der Waals surface area (Å²) in [5.74, 6) is 0. The van der Waals surface area contributed by atoms with Crippen molar-refractivity contribution in [2.75, 3.05) is 5.32 Å². The standard InChI is InChI=1S/C11H11N3OS/c15-11(14-10-4-2-6-16-10)13-8-9-3-1-5-12-7-9/h1-7H,8H2,(H2,13,14,15). The van der Waals surface area contributed by atoms with Gasteiger partial charge in [-0.25, -0.2) is 4.79 Å². The Bertz CT molecular complexity index is 442. The summed E-state index contributed by atoms with van der Waals surface area (Å²) in [6.07, 6.45) is 3.43. The molecule has 5 heteroatoms. The van der Waals surface area contributed by atoms with E-state index in [2.05, 4.69) is 15.6 Å². The lowest BCUT2D eigenvalue weighted by molar-refractivity contribution is 0.252. The molecule has 16 heavy (non-hydrogen) atoms. The number of hydrogen-bond acceptors (Lipinski definition) is 3. The van der Waals surface area contributed by atoms with Crippen LogP contribution in [0.25, 0.3) is 0 Å². The number of urea groups is 1. The van der Waals surface area contributed by atoms with Crippen LogP contribution in [0.15, 0.2) is 42.0 Å². The molecule has 0 spiro atoms. The number of carbonyl (C=O) groups is 1. The Labute approximate surface area is 97.3 Å². The van der Waals surface area contributed by atoms with E-state index in [1.165, 1.54) is 11.3 Å². The minimum atomic E-state index is -0.202. The van der Waals surface area contributed by atoms with E-state index in [-0.39, 0.29) is 6.03 Å². The van der Waals surface area contributed by atoms with Gasteiger partial charge >= 0.3 is 6.03 Å². The first-order valence-electron chi connectivity index (χ1n) is 4.82. The number of thiophene rings is 1. The number of amides is 2. The van der Waals surface area contributed by atoms with Crippen LogP contribution in [0.1, 0.15) is 5.56 Å². The van der Waals surface area contributed by atoms with Crippen LogP contribution >= 0.6 is 11.3 Å². The fourth-order valence-electron chi connectivity index (χ4n) is 1.19. The van der Waals surface area contributed by atoms with Crippen LogP contribution in [-0.2, 0) is 6.54 Å². The normalized spacial score (nSPS) is 9.75. The van der Waals surface area contributed by atoms with Crippen LogP contribution in [-0.4, -0.2) is 11.0 Å². The number of nitrogens with zero attached hydrogens (tertiary/aromatic N) is 1. The van der Waals surface area contributed by atoms with Gasteiger partial charge in [0, 0.05) is 18.9 Å². The Morgan fingerprint density at radius 1 is 1.38 bits per heavy atom. The lowest BCUT2D eigenvalue weighted by Crippen LogP contribution is -2.27. The van der Waals surface area contributed by atoms with Crippen LogP contribution in [0.5, 0.6) is 0 Å². The molecule has 0 fully saturated rings. The van der Waals surface area contributed by atoms with Crippen molar-refractivity contribution in [3.8, 4) is 0 Å². The molecule has 82 valence electrons. The van der Waals surface area contributed by atoms with Crippen LogP contribution in [0, 0.1) is 0 Å². The Morgan fingerprint density at radius 2 is 2.31 bits per heavy atom. The van der Waals surface area contributed by atoms with Crippen LogP contribution in [0.4, 0.5) is 9.80 Å². The van der Waals surface area contributed by atoms with Gasteiger partial charge in [0.1, 0.15) is 0 Å². The van der Waals surface area contributed by atoms with Crippen molar-refractivity contribution in [2.24, 2.45) is 0 Å². The minimum Gasteiger partial charge on any atom is -0.334 e. The lowest BCUT2D eigenvalue weighted by Gasteiger charge is -2.05. The zero-order valence-electron chi connectivity index (χ0n) is 8.51. The van der Waals surface area contributed by atoms with Crippen molar-refractivity contribution in [3.63, 3.8) is 0 Å². The number of carbonyl (C=O) groups excluding carboxylic acids is 1. The van der Waals surface area contributed by atoms with E-state index >= 15 is 0 Å². The number of rotatable bonds is 3. The first-order chi connectivity index (χ1) is 7.84. The van der Waals surface area contributed by atoms with Crippen molar-refractivity contribution in [1.29, 1.82) is 0 Å². The van der Waals surface area contributed by atoms with Gasteiger partial charge in [-0.05, 0) is 29.1 Å². The molecule has 2 amide bonds. The maximum atomic E-state index is 11.4. The van der Waals surface area contributed by atoms with Crippen molar-refractivity contribution in [1.82, 2.24) is 10.3 Å². The van der Waals surface area contributed by atoms with E-state index in [1.807, 2.05) is 29.6 Å². The Hall–Kier alpha value is -1.88. The van der Waals surface area contributed by atoms with E-state index < -0.39 is 0 Å². The van der Waals surface area contributed by atoms with Crippen LogP contribution < -0.4 is 10.6 Å². The fraction of sp³-hybridized carbons (Fsp3) is 0.0909. The Morgan fingerprint density at radius 3 is 3.00 bits per heavy atom. The second kappa shape index (κ2) is 5.27. The largest absolute Gasteiger partial charge is 0.334 e. The molecule has 0 aliphatic rings. The van der Waals surface area contributed by atoms with Crippen molar-refractivity contribution in [3.05, 3.63) is 47.6 Å². The third kappa shape index (κ3) is 3.06. The number of hydrogen-bond donors (Lipinski definition) is 2. The van der Waals surface area contributed by atoms with E-state index in [4.69, 9.17) is 0 Å². The third-order valence-electron chi connectivity index (χ3n) is 1.93. The zero-order valence-corrected chi connectivity index (χ0v) is 9.33. The molecule has 0 atom stereocenters. The van der Waals surface area contributed by atoms with Crippen LogP contribution in [0.3, 0.4) is 0 Å². The average Bonchev–Trinajstić information content (AvgIpc) is 2.81. The van der Waals surface area contributed by atoms with Gasteiger partial charge in [0.05, 0.1) is 5.00 Å². The summed E-state index contributed by atoms with van der Waals surface area (Å²) >= 11 is 1.49. The maximum Gasteiger partial charge on any atom is 0.320 e. The van der Waals surface area contributed by atoms with Gasteiger partial charge in [-0.3, -0.25) is 10.3 Å². The van der Waals surface area contributed by atoms with E-state index in [9.17, 15) is 4.79 Å². The minimum absolute atomic E-state index is 0.202. The van der Waals surface area contributed by atoms with Gasteiger partial charge < -0.3 is 5.32 Å². The van der Waals surface area contributed by atoms with E-state index in [0.717, 1.165) is 10.6 Å². The predicted molar refractivity (Wildman–Crippen MR) is 64.4 cm³/mol. The molecule has 0 bridgehead atoms. The van der Waals surface area contributed by atoms with E-state index in [1.54, 1.807) is 12.4 Å². The number of nitrogens with one attached hydrogen (secondary N) is 2. The second-order valence-corrected chi connectivity index (χ2v) is 4.09. The molecule has 2 aromatic rings. The summed E-state index contributed by atoms with van der Waals surface area (Å²) in [7, 11) is 0. The van der Waals surface area contributed by atoms with Gasteiger partial charge in [0.25, 0.3) is 0 Å². The highest BCUT2D eigenvalue weighted by Crippen LogP contribution is 2.14. The molecule has 0 saturated heterocycles. The molecule has 0 radical (unpaired) electrons. The summed E-state index contributed by atoms with van der Waals surface area (Å²) in [6.45, 7) is 0.477. The van der Waals surface area contributed by atoms with Gasteiger partial charge in [-0.15, -0.1) is 11.3 Å². The average molecular weight is 233 g/mol. The number of aromatic nitrogens is 1. The maximum absolute atomic E-state index is 11.4. The molecule has 2 rings (SSSR count). The Balaban J connectivity index is 1.80. The summed E-state index contributed by atoms with van der Waals surface area (Å²) in [5, 5.41) is 8.24. The summed E-state index contributed by atoms with van der Waals surface area (Å²) in [4.78, 5) is 15.4. The van der Waals surface area contributed by atoms with Crippen molar-refractivity contribution >= 4 is 22.4 Å². The second-order valence-electron chi connectivity index (χ2n) is 3.15. The lowest BCUT2D eigenvalue weighted by atomic mass is 10.3. The molecule has 2 N–H and O–H groups in total. The Kier molecular flexibility index (Phi) is 3.50. The van der Waals surface area contributed by atoms with Crippen molar-refractivity contribution < 1.29 is 4.79 Å². The quantitative estimate of drug-likeness (QED) is 0.855. The predicted octanol–water partition coefficient (Wildman–Crippen LogP) is 2.46. The molecule has 2 heterocycles. The molecule has 2 aromatic heterocycles. The van der Waals surface area contributed by atoms with Gasteiger partial charge in [-0.2, -0.15) is 0 Å². The molecular formula is C11H11N3OS. The SMILES string of the molecule is O=C(NCc1cccnc1)Nc1cccs1. The van der Waals surface area contributed by atoms with Crippen molar-refractivity contribution in [2.45, 2.75) is 6.54 Å². The van der Waals surface area contributed by atoms with Crippen LogP contribution in [0.2, 0.25) is 0 Å². The third-order valence-corrected chi connectivity index (χ3v) is 2.72. The molecule has 0 aromatic carbocycles. The zero-order chi connectivity index (χ0) is 11.2. The molecule has 0 saturated carbocycles. The smallest absolute Gasteiger partial charge is 0.320 e. The summed E-state index contributed by atoms with van der Waals surface area (Å²) in [6, 6.07) is 7.30. The summed E-state index contributed by atoms with van der Waals surface area (Å²) in [5.41, 5.74) is 0.976.